The number of benzene rings is 2. The van der Waals surface area contributed by atoms with E-state index in [4.69, 9.17) is 5.11 Å². The van der Waals surface area contributed by atoms with Gasteiger partial charge in [0.2, 0.25) is 10.0 Å². The minimum atomic E-state index is -3.64. The second kappa shape index (κ2) is 8.17. The number of hydrogen-bond donors (Lipinski definition) is 4. The highest BCUT2D eigenvalue weighted by Gasteiger charge is 2.36. The highest BCUT2D eigenvalue weighted by Crippen LogP contribution is 2.34. The van der Waals surface area contributed by atoms with Crippen molar-refractivity contribution in [1.82, 2.24) is 15.0 Å². The first-order valence-corrected chi connectivity index (χ1v) is 11.3. The van der Waals surface area contributed by atoms with Crippen molar-refractivity contribution in [3.05, 3.63) is 71.2 Å². The van der Waals surface area contributed by atoms with Crippen molar-refractivity contribution in [1.29, 1.82) is 0 Å². The average molecular weight is 431 g/mol. The van der Waals surface area contributed by atoms with E-state index in [1.807, 2.05) is 24.3 Å². The van der Waals surface area contributed by atoms with Gasteiger partial charge in [-0.25, -0.2) is 17.5 Å². The number of aliphatic hydroxyl groups excluding tert-OH is 1. The molecule has 0 saturated heterocycles. The molecule has 1 aliphatic carbocycles. The Labute approximate surface area is 173 Å². The molecule has 7 nitrogen and oxygen atoms in total. The first kappa shape index (κ1) is 20.5. The minimum absolute atomic E-state index is 0.0562. The van der Waals surface area contributed by atoms with Gasteiger partial charge < -0.3 is 15.4 Å². The third kappa shape index (κ3) is 4.23. The maximum Gasteiger partial charge on any atom is 0.267 e. The first-order chi connectivity index (χ1) is 14.4. The number of carbonyl (C=O) groups is 1. The van der Waals surface area contributed by atoms with Gasteiger partial charge in [-0.15, -0.1) is 0 Å². The molecule has 3 aromatic rings. The number of H-pyrrole nitrogens is 1. The van der Waals surface area contributed by atoms with Crippen LogP contribution in [0, 0.1) is 5.82 Å². The van der Waals surface area contributed by atoms with Crippen LogP contribution in [-0.2, 0) is 16.4 Å². The molecule has 158 valence electrons. The fraction of sp³-hybridized carbons (Fsp3) is 0.286. The average Bonchev–Trinajstić information content (AvgIpc) is 3.27. The van der Waals surface area contributed by atoms with Crippen LogP contribution >= 0.6 is 0 Å². The molecule has 2 aromatic carbocycles. The predicted octanol–water partition coefficient (Wildman–Crippen LogP) is 1.66. The number of halogens is 1. The summed E-state index contributed by atoms with van der Waals surface area (Å²) in [4.78, 5) is 15.8. The largest absolute Gasteiger partial charge is 0.395 e. The molecule has 0 saturated carbocycles. The molecule has 0 fully saturated rings. The number of rotatable bonds is 7. The lowest BCUT2D eigenvalue weighted by molar-refractivity contribution is 0.0930. The zero-order chi connectivity index (χ0) is 21.3. The molecule has 4 rings (SSSR count). The second-order valence-electron chi connectivity index (χ2n) is 7.40. The van der Waals surface area contributed by atoms with Crippen molar-refractivity contribution in [3.8, 4) is 0 Å². The number of amides is 1. The molecule has 1 heterocycles. The van der Waals surface area contributed by atoms with Crippen LogP contribution in [0.1, 0.15) is 27.5 Å². The SMILES string of the molecule is O=C(N[C@@H]1Cc2ccccc2[C@H]1CS(=O)(=O)NCCO)c1cc2cc(F)ccc2[nH]1. The first-order valence-electron chi connectivity index (χ1n) is 9.61. The summed E-state index contributed by atoms with van der Waals surface area (Å²) < 4.78 is 40.7. The molecule has 0 radical (unpaired) electrons. The van der Waals surface area contributed by atoms with Crippen LogP contribution < -0.4 is 10.0 Å². The normalized spacial score (nSPS) is 18.5. The van der Waals surface area contributed by atoms with Gasteiger partial charge in [-0.05, 0) is 41.8 Å². The van der Waals surface area contributed by atoms with Crippen molar-refractivity contribution in [2.75, 3.05) is 18.9 Å². The third-order valence-corrected chi connectivity index (χ3v) is 6.80. The van der Waals surface area contributed by atoms with E-state index in [9.17, 15) is 17.6 Å². The van der Waals surface area contributed by atoms with Crippen LogP contribution in [0.2, 0.25) is 0 Å². The summed E-state index contributed by atoms with van der Waals surface area (Å²) in [5, 5.41) is 12.4. The Morgan fingerprint density at radius 2 is 2.00 bits per heavy atom. The smallest absolute Gasteiger partial charge is 0.267 e. The lowest BCUT2D eigenvalue weighted by Gasteiger charge is -2.22. The van der Waals surface area contributed by atoms with Gasteiger partial charge in [-0.1, -0.05) is 24.3 Å². The molecule has 30 heavy (non-hydrogen) atoms. The number of fused-ring (bicyclic) bond motifs is 2. The Bertz CT molecular complexity index is 1190. The Balaban J connectivity index is 1.57. The molecule has 1 aromatic heterocycles. The number of aromatic amines is 1. The summed E-state index contributed by atoms with van der Waals surface area (Å²) in [6, 6.07) is 12.9. The Kier molecular flexibility index (Phi) is 5.59. The van der Waals surface area contributed by atoms with Crippen LogP contribution in [0.15, 0.2) is 48.5 Å². The standard InChI is InChI=1S/C21H22FN3O4S/c22-15-5-6-18-14(9-15)11-20(24-18)21(27)25-19-10-13-3-1-2-4-16(13)17(19)12-30(28,29)23-7-8-26/h1-6,9,11,17,19,23-24,26H,7-8,10,12H2,(H,25,27)/t17-,19-/m1/s1. The van der Waals surface area contributed by atoms with Gasteiger partial charge in [-0.2, -0.15) is 0 Å². The topological polar surface area (TPSA) is 111 Å². The van der Waals surface area contributed by atoms with Crippen molar-refractivity contribution in [2.45, 2.75) is 18.4 Å². The van der Waals surface area contributed by atoms with Crippen molar-refractivity contribution < 1.29 is 22.7 Å². The Hall–Kier alpha value is -2.75. The van der Waals surface area contributed by atoms with Gasteiger partial charge in [0, 0.05) is 29.4 Å². The molecule has 1 aliphatic rings. The van der Waals surface area contributed by atoms with Gasteiger partial charge in [0.05, 0.1) is 12.4 Å². The number of nitrogens with one attached hydrogen (secondary N) is 3. The lowest BCUT2D eigenvalue weighted by atomic mass is 10.0. The molecule has 9 heteroatoms. The van der Waals surface area contributed by atoms with Gasteiger partial charge in [0.15, 0.2) is 0 Å². The second-order valence-corrected chi connectivity index (χ2v) is 9.25. The van der Waals surface area contributed by atoms with E-state index in [-0.39, 0.29) is 36.3 Å². The highest BCUT2D eigenvalue weighted by atomic mass is 32.2. The van der Waals surface area contributed by atoms with E-state index in [1.165, 1.54) is 12.1 Å². The van der Waals surface area contributed by atoms with Crippen LogP contribution in [0.25, 0.3) is 10.9 Å². The predicted molar refractivity (Wildman–Crippen MR) is 111 cm³/mol. The molecule has 4 N–H and O–H groups in total. The van der Waals surface area contributed by atoms with E-state index < -0.39 is 22.0 Å². The molecule has 0 bridgehead atoms. The Morgan fingerprint density at radius 1 is 1.20 bits per heavy atom. The van der Waals surface area contributed by atoms with Crippen molar-refractivity contribution in [2.24, 2.45) is 0 Å². The van der Waals surface area contributed by atoms with Crippen LogP contribution in [-0.4, -0.2) is 49.4 Å². The number of aliphatic hydroxyl groups is 1. The molecule has 2 atom stereocenters. The monoisotopic (exact) mass is 431 g/mol. The fourth-order valence-electron chi connectivity index (χ4n) is 4.00. The van der Waals surface area contributed by atoms with Crippen LogP contribution in [0.3, 0.4) is 0 Å². The number of sulfonamides is 1. The van der Waals surface area contributed by atoms with Crippen LogP contribution in [0.5, 0.6) is 0 Å². The number of hydrogen-bond acceptors (Lipinski definition) is 4. The van der Waals surface area contributed by atoms with E-state index >= 15 is 0 Å². The number of aromatic nitrogens is 1. The Morgan fingerprint density at radius 3 is 2.80 bits per heavy atom. The molecular formula is C21H22FN3O4S. The van der Waals surface area contributed by atoms with Crippen LogP contribution in [0.4, 0.5) is 4.39 Å². The minimum Gasteiger partial charge on any atom is -0.395 e. The lowest BCUT2D eigenvalue weighted by Crippen LogP contribution is -2.42. The summed E-state index contributed by atoms with van der Waals surface area (Å²) >= 11 is 0. The van der Waals surface area contributed by atoms with E-state index in [0.29, 0.717) is 17.3 Å². The zero-order valence-corrected chi connectivity index (χ0v) is 16.9. The summed E-state index contributed by atoms with van der Waals surface area (Å²) in [7, 11) is -3.64. The van der Waals surface area contributed by atoms with Gasteiger partial charge in [0.25, 0.3) is 5.91 Å². The molecule has 1 amide bonds. The van der Waals surface area contributed by atoms with E-state index in [0.717, 1.165) is 11.1 Å². The summed E-state index contributed by atoms with van der Waals surface area (Å²) in [6.45, 7) is -0.346. The quantitative estimate of drug-likeness (QED) is 0.456. The van der Waals surface area contributed by atoms with Gasteiger partial charge in [-0.3, -0.25) is 4.79 Å². The molecule has 0 unspecified atom stereocenters. The van der Waals surface area contributed by atoms with E-state index in [1.54, 1.807) is 12.1 Å². The van der Waals surface area contributed by atoms with Gasteiger partial charge >= 0.3 is 0 Å². The summed E-state index contributed by atoms with van der Waals surface area (Å²) in [5.74, 6) is -1.40. The zero-order valence-electron chi connectivity index (χ0n) is 16.1. The summed E-state index contributed by atoms with van der Waals surface area (Å²) in [5.41, 5.74) is 2.80. The highest BCUT2D eigenvalue weighted by molar-refractivity contribution is 7.89. The molecular weight excluding hydrogens is 409 g/mol. The van der Waals surface area contributed by atoms with Crippen molar-refractivity contribution in [3.63, 3.8) is 0 Å². The van der Waals surface area contributed by atoms with Crippen molar-refractivity contribution >= 4 is 26.8 Å². The number of carbonyl (C=O) groups excluding carboxylic acids is 1. The molecule has 0 spiro atoms. The van der Waals surface area contributed by atoms with E-state index in [2.05, 4.69) is 15.0 Å². The van der Waals surface area contributed by atoms with Gasteiger partial charge in [0.1, 0.15) is 11.5 Å². The maximum absolute atomic E-state index is 13.4. The fourth-order valence-corrected chi connectivity index (χ4v) is 5.41. The third-order valence-electron chi connectivity index (χ3n) is 5.36. The maximum atomic E-state index is 13.4. The molecule has 0 aliphatic heterocycles. The summed E-state index contributed by atoms with van der Waals surface area (Å²) in [6.07, 6.45) is 0.511.